The third kappa shape index (κ3) is 2.92. The zero-order chi connectivity index (χ0) is 13.2. The lowest BCUT2D eigenvalue weighted by molar-refractivity contribution is -0.141. The van der Waals surface area contributed by atoms with Crippen LogP contribution in [0.2, 0.25) is 0 Å². The monoisotopic (exact) mass is 331 g/mol. The molecule has 0 atom stereocenters. The van der Waals surface area contributed by atoms with Gasteiger partial charge in [0.2, 0.25) is 0 Å². The summed E-state index contributed by atoms with van der Waals surface area (Å²) >= 11 is 4.69. The van der Waals surface area contributed by atoms with Crippen LogP contribution in [0.3, 0.4) is 0 Å². The van der Waals surface area contributed by atoms with Crippen molar-refractivity contribution in [1.82, 2.24) is 5.32 Å². The summed E-state index contributed by atoms with van der Waals surface area (Å²) in [6, 6.07) is 1.83. The zero-order valence-electron chi connectivity index (χ0n) is 9.74. The third-order valence-corrected chi connectivity index (χ3v) is 5.22. The number of carboxylic acid groups (broad SMARTS) is 1. The van der Waals surface area contributed by atoms with Gasteiger partial charge in [-0.1, -0.05) is 6.42 Å². The standard InChI is InChI=1S/C12H14BrNO3S/c13-8-2-5-18-10(8)11(17)14-7-12(3-1-4-12)6-9(15)16/h2,5H,1,3-4,6-7H2,(H,14,17)(H,15,16). The van der Waals surface area contributed by atoms with Crippen molar-refractivity contribution < 1.29 is 14.7 Å². The number of hydrogen-bond donors (Lipinski definition) is 2. The van der Waals surface area contributed by atoms with Crippen LogP contribution >= 0.6 is 27.3 Å². The highest BCUT2D eigenvalue weighted by Gasteiger charge is 2.39. The average molecular weight is 332 g/mol. The summed E-state index contributed by atoms with van der Waals surface area (Å²) in [5, 5.41) is 13.6. The molecule has 0 saturated heterocycles. The van der Waals surface area contributed by atoms with Crippen molar-refractivity contribution in [2.24, 2.45) is 5.41 Å². The summed E-state index contributed by atoms with van der Waals surface area (Å²) in [4.78, 5) is 23.4. The molecule has 6 heteroatoms. The van der Waals surface area contributed by atoms with E-state index in [9.17, 15) is 9.59 Å². The van der Waals surface area contributed by atoms with E-state index in [-0.39, 0.29) is 17.7 Å². The van der Waals surface area contributed by atoms with Crippen LogP contribution in [0.15, 0.2) is 15.9 Å². The van der Waals surface area contributed by atoms with Gasteiger partial charge in [0.05, 0.1) is 6.42 Å². The van der Waals surface area contributed by atoms with Crippen LogP contribution in [0.5, 0.6) is 0 Å². The van der Waals surface area contributed by atoms with E-state index in [1.807, 2.05) is 11.4 Å². The van der Waals surface area contributed by atoms with Gasteiger partial charge in [0, 0.05) is 11.0 Å². The lowest BCUT2D eigenvalue weighted by Crippen LogP contribution is -2.43. The highest BCUT2D eigenvalue weighted by atomic mass is 79.9. The molecule has 2 rings (SSSR count). The number of rotatable bonds is 5. The van der Waals surface area contributed by atoms with Gasteiger partial charge in [-0.25, -0.2) is 0 Å². The maximum Gasteiger partial charge on any atom is 0.303 e. The average Bonchev–Trinajstić information content (AvgIpc) is 2.67. The molecule has 1 saturated carbocycles. The molecule has 1 fully saturated rings. The molecule has 0 aromatic carbocycles. The van der Waals surface area contributed by atoms with Gasteiger partial charge in [0.1, 0.15) is 4.88 Å². The molecule has 1 aromatic rings. The zero-order valence-corrected chi connectivity index (χ0v) is 12.1. The van der Waals surface area contributed by atoms with Crippen molar-refractivity contribution in [1.29, 1.82) is 0 Å². The van der Waals surface area contributed by atoms with Gasteiger partial charge in [-0.15, -0.1) is 11.3 Å². The van der Waals surface area contributed by atoms with Crippen LogP contribution < -0.4 is 5.32 Å². The Hall–Kier alpha value is -0.880. The predicted octanol–water partition coefficient (Wildman–Crippen LogP) is 2.89. The van der Waals surface area contributed by atoms with Gasteiger partial charge >= 0.3 is 5.97 Å². The first-order chi connectivity index (χ1) is 8.52. The van der Waals surface area contributed by atoms with Crippen LogP contribution in [-0.4, -0.2) is 23.5 Å². The van der Waals surface area contributed by atoms with E-state index in [1.165, 1.54) is 11.3 Å². The van der Waals surface area contributed by atoms with Gasteiger partial charge < -0.3 is 10.4 Å². The van der Waals surface area contributed by atoms with E-state index < -0.39 is 5.97 Å². The van der Waals surface area contributed by atoms with Crippen LogP contribution in [-0.2, 0) is 4.79 Å². The fourth-order valence-electron chi connectivity index (χ4n) is 2.22. The molecule has 1 heterocycles. The first kappa shape index (κ1) is 13.5. The van der Waals surface area contributed by atoms with Crippen molar-refractivity contribution in [3.8, 4) is 0 Å². The van der Waals surface area contributed by atoms with Gasteiger partial charge in [-0.3, -0.25) is 9.59 Å². The van der Waals surface area contributed by atoms with Gasteiger partial charge in [0.25, 0.3) is 5.91 Å². The predicted molar refractivity (Wildman–Crippen MR) is 72.9 cm³/mol. The van der Waals surface area contributed by atoms with Gasteiger partial charge in [0.15, 0.2) is 0 Å². The Labute approximate surface area is 118 Å². The molecule has 1 aliphatic carbocycles. The molecular weight excluding hydrogens is 318 g/mol. The molecule has 0 unspecified atom stereocenters. The van der Waals surface area contributed by atoms with Crippen LogP contribution in [0.1, 0.15) is 35.4 Å². The number of nitrogens with one attached hydrogen (secondary N) is 1. The van der Waals surface area contributed by atoms with Crippen molar-refractivity contribution in [3.63, 3.8) is 0 Å². The van der Waals surface area contributed by atoms with E-state index in [2.05, 4.69) is 21.2 Å². The lowest BCUT2D eigenvalue weighted by atomic mass is 9.66. The fraction of sp³-hybridized carbons (Fsp3) is 0.500. The van der Waals surface area contributed by atoms with Gasteiger partial charge in [-0.05, 0) is 45.6 Å². The summed E-state index contributed by atoms with van der Waals surface area (Å²) in [7, 11) is 0. The Balaban J connectivity index is 1.93. The second kappa shape index (κ2) is 5.40. The van der Waals surface area contributed by atoms with Crippen molar-refractivity contribution in [2.45, 2.75) is 25.7 Å². The highest BCUT2D eigenvalue weighted by Crippen LogP contribution is 2.43. The van der Waals surface area contributed by atoms with Crippen molar-refractivity contribution >= 4 is 39.1 Å². The molecule has 18 heavy (non-hydrogen) atoms. The molecule has 1 aromatic heterocycles. The minimum absolute atomic E-state index is 0.131. The molecule has 2 N–H and O–H groups in total. The molecule has 0 bridgehead atoms. The minimum atomic E-state index is -0.791. The highest BCUT2D eigenvalue weighted by molar-refractivity contribution is 9.10. The summed E-state index contributed by atoms with van der Waals surface area (Å²) < 4.78 is 0.783. The maximum absolute atomic E-state index is 11.9. The molecule has 0 spiro atoms. The molecule has 4 nitrogen and oxygen atoms in total. The largest absolute Gasteiger partial charge is 0.481 e. The smallest absolute Gasteiger partial charge is 0.303 e. The first-order valence-corrected chi connectivity index (χ1v) is 7.43. The topological polar surface area (TPSA) is 66.4 Å². The fourth-order valence-corrected chi connectivity index (χ4v) is 3.69. The second-order valence-electron chi connectivity index (χ2n) is 4.70. The normalized spacial score (nSPS) is 16.9. The van der Waals surface area contributed by atoms with E-state index in [1.54, 1.807) is 0 Å². The molecule has 0 aliphatic heterocycles. The summed E-state index contributed by atoms with van der Waals surface area (Å²) in [6.07, 6.45) is 2.95. The Morgan fingerprint density at radius 1 is 1.50 bits per heavy atom. The Bertz CT molecular complexity index is 468. The summed E-state index contributed by atoms with van der Waals surface area (Å²) in [6.45, 7) is 0.447. The SMILES string of the molecule is O=C(O)CC1(CNC(=O)c2sccc2Br)CCC1. The number of thiophene rings is 1. The molecule has 98 valence electrons. The first-order valence-electron chi connectivity index (χ1n) is 5.75. The third-order valence-electron chi connectivity index (χ3n) is 3.39. The van der Waals surface area contributed by atoms with E-state index in [4.69, 9.17) is 5.11 Å². The number of aliphatic carboxylic acids is 1. The molecular formula is C12H14BrNO3S. The molecule has 0 radical (unpaired) electrons. The summed E-state index contributed by atoms with van der Waals surface area (Å²) in [5.74, 6) is -0.921. The number of carbonyl (C=O) groups excluding carboxylic acids is 1. The Morgan fingerprint density at radius 3 is 2.67 bits per heavy atom. The second-order valence-corrected chi connectivity index (χ2v) is 6.47. The molecule has 1 amide bonds. The maximum atomic E-state index is 11.9. The van der Waals surface area contributed by atoms with Crippen LogP contribution in [0, 0.1) is 5.41 Å². The lowest BCUT2D eigenvalue weighted by Gasteiger charge is -2.40. The van der Waals surface area contributed by atoms with E-state index in [0.29, 0.717) is 11.4 Å². The van der Waals surface area contributed by atoms with E-state index in [0.717, 1.165) is 23.7 Å². The summed E-state index contributed by atoms with van der Waals surface area (Å²) in [5.41, 5.74) is -0.231. The Morgan fingerprint density at radius 2 is 2.22 bits per heavy atom. The number of halogens is 1. The van der Waals surface area contributed by atoms with E-state index >= 15 is 0 Å². The van der Waals surface area contributed by atoms with Crippen LogP contribution in [0.25, 0.3) is 0 Å². The number of carbonyl (C=O) groups is 2. The van der Waals surface area contributed by atoms with Crippen molar-refractivity contribution in [3.05, 3.63) is 20.8 Å². The quantitative estimate of drug-likeness (QED) is 0.871. The molecule has 1 aliphatic rings. The number of hydrogen-bond acceptors (Lipinski definition) is 3. The number of amides is 1. The van der Waals surface area contributed by atoms with Crippen LogP contribution in [0.4, 0.5) is 0 Å². The Kier molecular flexibility index (Phi) is 4.07. The minimum Gasteiger partial charge on any atom is -0.481 e. The number of carboxylic acids is 1. The van der Waals surface area contributed by atoms with Crippen molar-refractivity contribution in [2.75, 3.05) is 6.54 Å². The van der Waals surface area contributed by atoms with Gasteiger partial charge in [-0.2, -0.15) is 0 Å².